The van der Waals surface area contributed by atoms with Crippen molar-refractivity contribution >= 4 is 5.91 Å². The highest BCUT2D eigenvalue weighted by Gasteiger charge is 2.07. The molecule has 0 fully saturated rings. The molecule has 0 spiro atoms. The van der Waals surface area contributed by atoms with Gasteiger partial charge in [0, 0.05) is 25.5 Å². The SMILES string of the molecule is O=C(COCCc1ccccc1)NCc1ccccc1-c1ccc(Cn2ccnc2)cc1. The number of aromatic nitrogens is 2. The molecule has 5 nitrogen and oxygen atoms in total. The Morgan fingerprint density at radius 2 is 1.69 bits per heavy atom. The van der Waals surface area contributed by atoms with Gasteiger partial charge in [0.2, 0.25) is 5.91 Å². The summed E-state index contributed by atoms with van der Waals surface area (Å²) in [6.45, 7) is 1.85. The van der Waals surface area contributed by atoms with Crippen LogP contribution in [0.1, 0.15) is 16.7 Å². The van der Waals surface area contributed by atoms with E-state index >= 15 is 0 Å². The zero-order chi connectivity index (χ0) is 22.0. The summed E-state index contributed by atoms with van der Waals surface area (Å²) in [4.78, 5) is 16.3. The Morgan fingerprint density at radius 3 is 2.47 bits per heavy atom. The van der Waals surface area contributed by atoms with E-state index in [-0.39, 0.29) is 12.5 Å². The lowest BCUT2D eigenvalue weighted by atomic mass is 9.98. The van der Waals surface area contributed by atoms with Gasteiger partial charge in [-0.3, -0.25) is 4.79 Å². The summed E-state index contributed by atoms with van der Waals surface area (Å²) >= 11 is 0. The van der Waals surface area contributed by atoms with Crippen molar-refractivity contribution in [1.82, 2.24) is 14.9 Å². The van der Waals surface area contributed by atoms with Crippen molar-refractivity contribution in [2.24, 2.45) is 0 Å². The van der Waals surface area contributed by atoms with Crippen molar-refractivity contribution in [3.63, 3.8) is 0 Å². The number of rotatable bonds is 10. The third-order valence-electron chi connectivity index (χ3n) is 5.29. The molecule has 1 amide bonds. The molecule has 0 aliphatic heterocycles. The third kappa shape index (κ3) is 6.15. The van der Waals surface area contributed by atoms with E-state index in [1.165, 1.54) is 11.1 Å². The standard InChI is InChI=1S/C27H27N3O2/c31-27(20-32-17-14-22-6-2-1-3-7-22)29-18-25-8-4-5-9-26(25)24-12-10-23(11-13-24)19-30-16-15-28-21-30/h1-13,15-16,21H,14,17-20H2,(H,29,31). The number of ether oxygens (including phenoxy) is 1. The van der Waals surface area contributed by atoms with Crippen molar-refractivity contribution < 1.29 is 9.53 Å². The molecule has 0 aliphatic rings. The van der Waals surface area contributed by atoms with Crippen LogP contribution in [0.2, 0.25) is 0 Å². The van der Waals surface area contributed by atoms with E-state index in [9.17, 15) is 4.79 Å². The Hall–Kier alpha value is -3.70. The zero-order valence-electron chi connectivity index (χ0n) is 18.0. The van der Waals surface area contributed by atoms with Gasteiger partial charge in [0.15, 0.2) is 0 Å². The van der Waals surface area contributed by atoms with Crippen LogP contribution in [-0.2, 0) is 29.0 Å². The highest BCUT2D eigenvalue weighted by Crippen LogP contribution is 2.24. The van der Waals surface area contributed by atoms with Crippen LogP contribution in [0.15, 0.2) is 97.6 Å². The second-order valence-corrected chi connectivity index (χ2v) is 7.65. The zero-order valence-corrected chi connectivity index (χ0v) is 18.0. The van der Waals surface area contributed by atoms with E-state index in [0.29, 0.717) is 13.2 Å². The first-order valence-corrected chi connectivity index (χ1v) is 10.8. The molecule has 32 heavy (non-hydrogen) atoms. The van der Waals surface area contributed by atoms with E-state index in [1.54, 1.807) is 6.20 Å². The summed E-state index contributed by atoms with van der Waals surface area (Å²) in [6, 6.07) is 26.8. The second-order valence-electron chi connectivity index (χ2n) is 7.65. The van der Waals surface area contributed by atoms with Crippen LogP contribution in [0.25, 0.3) is 11.1 Å². The molecule has 0 atom stereocenters. The first-order chi connectivity index (χ1) is 15.8. The summed E-state index contributed by atoms with van der Waals surface area (Å²) < 4.78 is 7.58. The average Bonchev–Trinajstić information content (AvgIpc) is 3.35. The molecule has 0 unspecified atom stereocenters. The topological polar surface area (TPSA) is 56.1 Å². The number of nitrogens with one attached hydrogen (secondary N) is 1. The molecule has 0 aliphatic carbocycles. The molecule has 0 bridgehead atoms. The minimum atomic E-state index is -0.108. The summed E-state index contributed by atoms with van der Waals surface area (Å²) in [5.41, 5.74) is 5.74. The van der Waals surface area contributed by atoms with E-state index in [2.05, 4.69) is 52.8 Å². The minimum Gasteiger partial charge on any atom is -0.371 e. The third-order valence-corrected chi connectivity index (χ3v) is 5.29. The molecule has 0 radical (unpaired) electrons. The van der Waals surface area contributed by atoms with Gasteiger partial charge < -0.3 is 14.6 Å². The summed E-state index contributed by atoms with van der Waals surface area (Å²) in [5, 5.41) is 2.97. The fourth-order valence-corrected chi connectivity index (χ4v) is 3.58. The summed E-state index contributed by atoms with van der Waals surface area (Å²) in [6.07, 6.45) is 6.36. The Bertz CT molecular complexity index is 1110. The van der Waals surface area contributed by atoms with Crippen LogP contribution in [0.3, 0.4) is 0 Å². The number of carbonyl (C=O) groups excluding carboxylic acids is 1. The van der Waals surface area contributed by atoms with Crippen molar-refractivity contribution in [2.45, 2.75) is 19.5 Å². The Balaban J connectivity index is 1.29. The smallest absolute Gasteiger partial charge is 0.246 e. The number of amides is 1. The first-order valence-electron chi connectivity index (χ1n) is 10.8. The molecular formula is C27H27N3O2. The molecule has 4 rings (SSSR count). The van der Waals surface area contributed by atoms with Gasteiger partial charge in [0.25, 0.3) is 0 Å². The number of carbonyl (C=O) groups is 1. The maximum atomic E-state index is 12.2. The first kappa shape index (κ1) is 21.5. The van der Waals surface area contributed by atoms with Gasteiger partial charge >= 0.3 is 0 Å². The van der Waals surface area contributed by atoms with Gasteiger partial charge in [-0.1, -0.05) is 78.9 Å². The lowest BCUT2D eigenvalue weighted by Crippen LogP contribution is -2.27. The molecule has 4 aromatic rings. The maximum absolute atomic E-state index is 12.2. The lowest BCUT2D eigenvalue weighted by Gasteiger charge is -2.12. The van der Waals surface area contributed by atoms with Gasteiger partial charge in [-0.2, -0.15) is 0 Å². The summed E-state index contributed by atoms with van der Waals surface area (Å²) in [7, 11) is 0. The van der Waals surface area contributed by atoms with Crippen LogP contribution in [0, 0.1) is 0 Å². The molecule has 0 saturated carbocycles. The lowest BCUT2D eigenvalue weighted by molar-refractivity contribution is -0.125. The summed E-state index contributed by atoms with van der Waals surface area (Å²) in [5.74, 6) is -0.108. The van der Waals surface area contributed by atoms with Crippen LogP contribution in [0.5, 0.6) is 0 Å². The second kappa shape index (κ2) is 11.1. The molecule has 5 heteroatoms. The van der Waals surface area contributed by atoms with Gasteiger partial charge in [-0.25, -0.2) is 4.98 Å². The number of nitrogens with zero attached hydrogens (tertiary/aromatic N) is 2. The highest BCUT2D eigenvalue weighted by atomic mass is 16.5. The van der Waals surface area contributed by atoms with Gasteiger partial charge in [0.1, 0.15) is 6.61 Å². The normalized spacial score (nSPS) is 10.8. The predicted octanol–water partition coefficient (Wildman–Crippen LogP) is 4.47. The minimum absolute atomic E-state index is 0.0674. The monoisotopic (exact) mass is 425 g/mol. The quantitative estimate of drug-likeness (QED) is 0.381. The van der Waals surface area contributed by atoms with E-state index in [1.807, 2.05) is 53.5 Å². The highest BCUT2D eigenvalue weighted by molar-refractivity contribution is 5.77. The van der Waals surface area contributed by atoms with Gasteiger partial charge in [-0.05, 0) is 34.2 Å². The molecule has 1 aromatic heterocycles. The van der Waals surface area contributed by atoms with Crippen molar-refractivity contribution in [1.29, 1.82) is 0 Å². The van der Waals surface area contributed by atoms with E-state index in [4.69, 9.17) is 4.74 Å². The fourth-order valence-electron chi connectivity index (χ4n) is 3.58. The number of hydrogen-bond acceptors (Lipinski definition) is 3. The number of imidazole rings is 1. The molecule has 3 aromatic carbocycles. The number of benzene rings is 3. The van der Waals surface area contributed by atoms with Crippen molar-refractivity contribution in [3.05, 3.63) is 114 Å². The van der Waals surface area contributed by atoms with Gasteiger partial charge in [-0.15, -0.1) is 0 Å². The maximum Gasteiger partial charge on any atom is 0.246 e. The van der Waals surface area contributed by atoms with E-state index < -0.39 is 0 Å². The predicted molar refractivity (Wildman–Crippen MR) is 126 cm³/mol. The largest absolute Gasteiger partial charge is 0.371 e. The van der Waals surface area contributed by atoms with Crippen molar-refractivity contribution in [3.8, 4) is 11.1 Å². The van der Waals surface area contributed by atoms with E-state index in [0.717, 1.165) is 29.7 Å². The van der Waals surface area contributed by atoms with Crippen LogP contribution in [-0.4, -0.2) is 28.7 Å². The Labute approximate surface area is 188 Å². The molecule has 162 valence electrons. The Morgan fingerprint density at radius 1 is 0.906 bits per heavy atom. The number of hydrogen-bond donors (Lipinski definition) is 1. The van der Waals surface area contributed by atoms with Crippen LogP contribution < -0.4 is 5.32 Å². The fraction of sp³-hybridized carbons (Fsp3) is 0.185. The Kier molecular flexibility index (Phi) is 7.45. The molecule has 0 saturated heterocycles. The average molecular weight is 426 g/mol. The van der Waals surface area contributed by atoms with Crippen LogP contribution >= 0.6 is 0 Å². The molecular weight excluding hydrogens is 398 g/mol. The molecule has 1 N–H and O–H groups in total. The molecule has 1 heterocycles. The van der Waals surface area contributed by atoms with Gasteiger partial charge in [0.05, 0.1) is 12.9 Å². The van der Waals surface area contributed by atoms with Crippen LogP contribution in [0.4, 0.5) is 0 Å². The van der Waals surface area contributed by atoms with Crippen molar-refractivity contribution in [2.75, 3.05) is 13.2 Å².